The lowest BCUT2D eigenvalue weighted by atomic mass is 10.1. The van der Waals surface area contributed by atoms with Crippen molar-refractivity contribution in [1.29, 1.82) is 0 Å². The number of methoxy groups -OCH3 is 3. The second kappa shape index (κ2) is 10.2. The summed E-state index contributed by atoms with van der Waals surface area (Å²) in [6.07, 6.45) is 0. The molecule has 2 N–H and O–H groups in total. The van der Waals surface area contributed by atoms with Crippen molar-refractivity contribution >= 4 is 55.6 Å². The van der Waals surface area contributed by atoms with Gasteiger partial charge in [-0.1, -0.05) is 11.3 Å². The summed E-state index contributed by atoms with van der Waals surface area (Å²) < 4.78 is 22.4. The summed E-state index contributed by atoms with van der Waals surface area (Å²) >= 11 is 6.80. The number of hydrogen-bond donors (Lipinski definition) is 2. The number of rotatable bonds is 6. The van der Waals surface area contributed by atoms with E-state index in [1.165, 1.54) is 32.7 Å². The zero-order valence-electron chi connectivity index (χ0n) is 18.5. The Morgan fingerprint density at radius 3 is 2.42 bits per heavy atom. The Kier molecular flexibility index (Phi) is 7.11. The van der Waals surface area contributed by atoms with Crippen molar-refractivity contribution in [2.75, 3.05) is 57.8 Å². The van der Waals surface area contributed by atoms with E-state index in [9.17, 15) is 4.79 Å². The molecule has 0 unspecified atom stereocenters. The van der Waals surface area contributed by atoms with Crippen LogP contribution in [-0.2, 0) is 4.74 Å². The minimum Gasteiger partial charge on any atom is -0.493 e. The minimum absolute atomic E-state index is 0.140. The molecular weight excluding hydrogens is 464 g/mol. The molecule has 4 rings (SSSR count). The third-order valence-electron chi connectivity index (χ3n) is 5.12. The van der Waals surface area contributed by atoms with Crippen LogP contribution in [0, 0.1) is 0 Å². The van der Waals surface area contributed by atoms with Gasteiger partial charge < -0.3 is 29.2 Å². The molecule has 1 aromatic heterocycles. The highest BCUT2D eigenvalue weighted by atomic mass is 32.1. The SMILES string of the molecule is COc1cc(C(=O)NC(=S)Nc2nc3ccc(N4CCOCC4)cc3s2)cc(OC)c1OC. The fourth-order valence-corrected chi connectivity index (χ4v) is 4.66. The number of amides is 1. The van der Waals surface area contributed by atoms with E-state index in [1.807, 2.05) is 6.07 Å². The molecule has 1 saturated heterocycles. The number of aromatic nitrogens is 1. The molecular formula is C22H24N4O5S2. The molecule has 174 valence electrons. The number of nitrogens with zero attached hydrogens (tertiary/aromatic N) is 2. The van der Waals surface area contributed by atoms with Crippen molar-refractivity contribution in [2.24, 2.45) is 0 Å². The molecule has 2 aromatic carbocycles. The van der Waals surface area contributed by atoms with Crippen LogP contribution in [-0.4, -0.2) is 63.6 Å². The van der Waals surface area contributed by atoms with Crippen molar-refractivity contribution in [3.8, 4) is 17.2 Å². The summed E-state index contributed by atoms with van der Waals surface area (Å²) in [7, 11) is 4.48. The van der Waals surface area contributed by atoms with Gasteiger partial charge in [-0.3, -0.25) is 10.1 Å². The molecule has 1 amide bonds. The molecule has 0 saturated carbocycles. The zero-order chi connectivity index (χ0) is 23.4. The van der Waals surface area contributed by atoms with E-state index in [0.717, 1.165) is 42.2 Å². The fraction of sp³-hybridized carbons (Fsp3) is 0.318. The third-order valence-corrected chi connectivity index (χ3v) is 6.26. The van der Waals surface area contributed by atoms with Gasteiger partial charge in [0.25, 0.3) is 5.91 Å². The largest absolute Gasteiger partial charge is 0.493 e. The molecule has 1 aliphatic heterocycles. The van der Waals surface area contributed by atoms with Crippen LogP contribution in [0.25, 0.3) is 10.2 Å². The van der Waals surface area contributed by atoms with E-state index in [0.29, 0.717) is 27.9 Å². The number of carbonyl (C=O) groups excluding carboxylic acids is 1. The molecule has 0 atom stereocenters. The number of morpholine rings is 1. The monoisotopic (exact) mass is 488 g/mol. The number of hydrogen-bond acceptors (Lipinski definition) is 9. The number of ether oxygens (including phenoxy) is 4. The number of carbonyl (C=O) groups is 1. The number of fused-ring (bicyclic) bond motifs is 1. The molecule has 0 spiro atoms. The average Bonchev–Trinajstić information content (AvgIpc) is 3.24. The quantitative estimate of drug-likeness (QED) is 0.507. The van der Waals surface area contributed by atoms with Crippen molar-refractivity contribution in [3.63, 3.8) is 0 Å². The Bertz CT molecular complexity index is 1150. The van der Waals surface area contributed by atoms with Crippen LogP contribution in [0.5, 0.6) is 17.2 Å². The van der Waals surface area contributed by atoms with Gasteiger partial charge in [0.2, 0.25) is 5.75 Å². The molecule has 0 radical (unpaired) electrons. The number of nitrogens with one attached hydrogen (secondary N) is 2. The first-order valence-electron chi connectivity index (χ1n) is 10.2. The standard InChI is InChI=1S/C22H24N4O5S2/c1-28-16-10-13(11-17(29-2)19(16)30-3)20(27)24-21(32)25-22-23-15-5-4-14(12-18(15)33-22)26-6-8-31-9-7-26/h4-5,10-12H,6-9H2,1-3H3,(H2,23,24,25,27,32). The van der Waals surface area contributed by atoms with E-state index >= 15 is 0 Å². The van der Waals surface area contributed by atoms with Crippen molar-refractivity contribution in [2.45, 2.75) is 0 Å². The lowest BCUT2D eigenvalue weighted by Gasteiger charge is -2.28. The van der Waals surface area contributed by atoms with Crippen molar-refractivity contribution in [3.05, 3.63) is 35.9 Å². The van der Waals surface area contributed by atoms with Gasteiger partial charge in [-0.2, -0.15) is 0 Å². The van der Waals surface area contributed by atoms with Crippen LogP contribution in [0.1, 0.15) is 10.4 Å². The molecule has 3 aromatic rings. The van der Waals surface area contributed by atoms with Gasteiger partial charge in [-0.05, 0) is 42.5 Å². The lowest BCUT2D eigenvalue weighted by molar-refractivity contribution is 0.0977. The van der Waals surface area contributed by atoms with E-state index in [-0.39, 0.29) is 5.11 Å². The average molecular weight is 489 g/mol. The third kappa shape index (κ3) is 5.10. The van der Waals surface area contributed by atoms with Gasteiger partial charge in [-0.15, -0.1) is 0 Å². The van der Waals surface area contributed by atoms with Crippen LogP contribution in [0.4, 0.5) is 10.8 Å². The number of thiocarbonyl (C=S) groups is 1. The molecule has 9 nitrogen and oxygen atoms in total. The Hall–Kier alpha value is -3.15. The summed E-state index contributed by atoms with van der Waals surface area (Å²) in [5, 5.41) is 6.40. The lowest BCUT2D eigenvalue weighted by Crippen LogP contribution is -2.36. The summed E-state index contributed by atoms with van der Waals surface area (Å²) in [6, 6.07) is 9.27. The summed E-state index contributed by atoms with van der Waals surface area (Å²) in [6.45, 7) is 3.19. The Balaban J connectivity index is 1.45. The second-order valence-electron chi connectivity index (χ2n) is 7.09. The van der Waals surface area contributed by atoms with E-state index in [2.05, 4.69) is 32.7 Å². The van der Waals surface area contributed by atoms with Gasteiger partial charge in [0.05, 0.1) is 44.8 Å². The van der Waals surface area contributed by atoms with Crippen LogP contribution in [0.3, 0.4) is 0 Å². The topological polar surface area (TPSA) is 94.2 Å². The molecule has 2 heterocycles. The smallest absolute Gasteiger partial charge is 0.257 e. The van der Waals surface area contributed by atoms with Crippen molar-refractivity contribution < 1.29 is 23.7 Å². The Morgan fingerprint density at radius 2 is 1.79 bits per heavy atom. The maximum absolute atomic E-state index is 12.7. The summed E-state index contributed by atoms with van der Waals surface area (Å²) in [5.41, 5.74) is 2.31. The molecule has 0 aliphatic carbocycles. The molecule has 33 heavy (non-hydrogen) atoms. The second-order valence-corrected chi connectivity index (χ2v) is 8.53. The number of anilines is 2. The maximum Gasteiger partial charge on any atom is 0.257 e. The van der Waals surface area contributed by atoms with E-state index in [1.54, 1.807) is 12.1 Å². The fourth-order valence-electron chi connectivity index (χ4n) is 3.50. The first kappa shape index (κ1) is 23.0. The van der Waals surface area contributed by atoms with Gasteiger partial charge in [0.1, 0.15) is 0 Å². The summed E-state index contributed by atoms with van der Waals surface area (Å²) in [4.78, 5) is 19.6. The highest BCUT2D eigenvalue weighted by Gasteiger charge is 2.18. The minimum atomic E-state index is -0.414. The van der Waals surface area contributed by atoms with Crippen LogP contribution in [0.2, 0.25) is 0 Å². The molecule has 0 bridgehead atoms. The highest BCUT2D eigenvalue weighted by molar-refractivity contribution is 7.80. The first-order chi connectivity index (χ1) is 16.0. The van der Waals surface area contributed by atoms with Crippen LogP contribution >= 0.6 is 23.6 Å². The predicted molar refractivity (Wildman–Crippen MR) is 132 cm³/mol. The van der Waals surface area contributed by atoms with Gasteiger partial charge in [-0.25, -0.2) is 4.98 Å². The number of thiazole rings is 1. The maximum atomic E-state index is 12.7. The zero-order valence-corrected chi connectivity index (χ0v) is 20.1. The van der Waals surface area contributed by atoms with Crippen LogP contribution in [0.15, 0.2) is 30.3 Å². The van der Waals surface area contributed by atoms with Gasteiger partial charge in [0.15, 0.2) is 21.7 Å². The predicted octanol–water partition coefficient (Wildman–Crippen LogP) is 3.29. The van der Waals surface area contributed by atoms with Crippen LogP contribution < -0.4 is 29.7 Å². The molecule has 1 fully saturated rings. The number of benzene rings is 2. The normalized spacial score (nSPS) is 13.5. The highest BCUT2D eigenvalue weighted by Crippen LogP contribution is 2.38. The Labute approximate surface area is 200 Å². The molecule has 11 heteroatoms. The molecule has 1 aliphatic rings. The first-order valence-corrected chi connectivity index (χ1v) is 11.4. The summed E-state index contributed by atoms with van der Waals surface area (Å²) in [5.74, 6) is 0.747. The van der Waals surface area contributed by atoms with Crippen molar-refractivity contribution in [1.82, 2.24) is 10.3 Å². The van der Waals surface area contributed by atoms with E-state index < -0.39 is 5.91 Å². The van der Waals surface area contributed by atoms with Gasteiger partial charge in [0, 0.05) is 24.3 Å². The van der Waals surface area contributed by atoms with E-state index in [4.69, 9.17) is 31.2 Å². The Morgan fingerprint density at radius 1 is 1.09 bits per heavy atom. The van der Waals surface area contributed by atoms with Gasteiger partial charge >= 0.3 is 0 Å².